The number of nitrogens with zero attached hydrogens (tertiary/aromatic N) is 1. The van der Waals surface area contributed by atoms with Crippen LogP contribution in [0.1, 0.15) is 130 Å². The van der Waals surface area contributed by atoms with Gasteiger partial charge in [-0.25, -0.2) is 4.79 Å². The summed E-state index contributed by atoms with van der Waals surface area (Å²) in [5.41, 5.74) is -0.123. The van der Waals surface area contributed by atoms with Gasteiger partial charge in [0.1, 0.15) is 17.6 Å². The zero-order chi connectivity index (χ0) is 37.5. The summed E-state index contributed by atoms with van der Waals surface area (Å²) in [6.45, 7) is 6.71. The molecule has 0 saturated heterocycles. The van der Waals surface area contributed by atoms with Gasteiger partial charge in [0.05, 0.1) is 38.6 Å². The molecule has 0 spiro atoms. The number of ether oxygens (including phenoxy) is 4. The predicted octanol–water partition coefficient (Wildman–Crippen LogP) is 10.7. The maximum absolute atomic E-state index is 13.6. The van der Waals surface area contributed by atoms with E-state index in [0.717, 1.165) is 75.0 Å². The fraction of sp³-hybridized carbons (Fsp3) is 0.721. The number of hydrogen-bond acceptors (Lipinski definition) is 10. The maximum atomic E-state index is 13.6. The number of benzene rings is 1. The summed E-state index contributed by atoms with van der Waals surface area (Å²) in [7, 11) is 1.60. The third-order valence-corrected chi connectivity index (χ3v) is 15.8. The molecule has 1 aromatic rings. The molecule has 0 radical (unpaired) electrons. The highest BCUT2D eigenvalue weighted by Gasteiger charge is 2.37. The van der Waals surface area contributed by atoms with Crippen molar-refractivity contribution in [2.45, 2.75) is 146 Å². The van der Waals surface area contributed by atoms with Crippen LogP contribution in [-0.2, 0) is 23.9 Å². The number of fused-ring (bicyclic) bond motifs is 1. The van der Waals surface area contributed by atoms with Crippen molar-refractivity contribution in [3.63, 3.8) is 0 Å². The Labute approximate surface area is 325 Å². The smallest absolute Gasteiger partial charge is 0.350 e. The summed E-state index contributed by atoms with van der Waals surface area (Å²) in [5.74, 6) is 3.79. The Morgan fingerprint density at radius 3 is 1.47 bits per heavy atom. The second kappa shape index (κ2) is 18.9. The highest BCUT2D eigenvalue weighted by Crippen LogP contribution is 2.59. The first kappa shape index (κ1) is 40.2. The van der Waals surface area contributed by atoms with Crippen LogP contribution in [0.15, 0.2) is 31.7 Å². The molecular weight excluding hydrogens is 707 g/mol. The minimum absolute atomic E-state index is 0.0905. The van der Waals surface area contributed by atoms with E-state index in [0.29, 0.717) is 43.8 Å². The van der Waals surface area contributed by atoms with Gasteiger partial charge in [0.15, 0.2) is 5.57 Å². The summed E-state index contributed by atoms with van der Waals surface area (Å²) in [5, 5.41) is 10.1. The van der Waals surface area contributed by atoms with E-state index < -0.39 is 5.97 Å². The number of hydrogen-bond donors (Lipinski definition) is 0. The standard InChI is InChI=1S/C43H59NO7S2/c1-26-5-9-29(10-6-26)31-13-17-33(18-14-31)40(45)50-36-21-22-37(51-41(46)34-19-15-32(16-20-34)30-11-7-27(2)8-12-30)39-38(36)52-43(53-39)35(25-44)42(47)49-24-23-28(3)48-4/h21-22,26-34H,5-20,23-24H2,1-4H3. The summed E-state index contributed by atoms with van der Waals surface area (Å²) in [6.07, 6.45) is 18.4. The highest BCUT2D eigenvalue weighted by atomic mass is 32.2. The number of esters is 3. The largest absolute Gasteiger partial charge is 0.461 e. The molecule has 6 rings (SSSR count). The molecule has 10 heteroatoms. The van der Waals surface area contributed by atoms with Crippen LogP contribution in [0.5, 0.6) is 11.5 Å². The molecule has 0 aromatic heterocycles. The lowest BCUT2D eigenvalue weighted by Gasteiger charge is -2.36. The fourth-order valence-electron chi connectivity index (χ4n) is 9.42. The molecular formula is C43H59NO7S2. The van der Waals surface area contributed by atoms with Gasteiger partial charge in [0.2, 0.25) is 0 Å². The lowest BCUT2D eigenvalue weighted by Crippen LogP contribution is -2.30. The van der Waals surface area contributed by atoms with Gasteiger partial charge >= 0.3 is 17.9 Å². The van der Waals surface area contributed by atoms with E-state index in [4.69, 9.17) is 18.9 Å². The monoisotopic (exact) mass is 765 g/mol. The van der Waals surface area contributed by atoms with E-state index in [9.17, 15) is 19.6 Å². The Kier molecular flexibility index (Phi) is 14.3. The summed E-state index contributed by atoms with van der Waals surface area (Å²) < 4.78 is 23.4. The first-order chi connectivity index (χ1) is 25.6. The summed E-state index contributed by atoms with van der Waals surface area (Å²) >= 11 is 2.39. The molecule has 1 unspecified atom stereocenters. The molecule has 0 N–H and O–H groups in total. The SMILES string of the molecule is COC(C)CCOC(=O)C(C#N)=C1Sc2c(OC(=O)C3CCC(C4CCC(C)CC4)CC3)ccc(OC(=O)C3CCC(C4CCC(C)CC4)CC3)c2S1. The highest BCUT2D eigenvalue weighted by molar-refractivity contribution is 8.24. The zero-order valence-corrected chi connectivity index (χ0v) is 33.8. The van der Waals surface area contributed by atoms with Crippen molar-refractivity contribution in [2.24, 2.45) is 47.3 Å². The van der Waals surface area contributed by atoms with E-state index in [-0.39, 0.29) is 42.1 Å². The third-order valence-electron chi connectivity index (χ3n) is 13.2. The van der Waals surface area contributed by atoms with Gasteiger partial charge in [0.25, 0.3) is 0 Å². The minimum Gasteiger partial charge on any atom is -0.461 e. The average Bonchev–Trinajstić information content (AvgIpc) is 3.62. The van der Waals surface area contributed by atoms with Crippen molar-refractivity contribution in [1.29, 1.82) is 5.26 Å². The molecule has 0 amide bonds. The number of carbonyl (C=O) groups is 3. The maximum Gasteiger partial charge on any atom is 0.350 e. The average molecular weight is 766 g/mol. The minimum atomic E-state index is -0.718. The van der Waals surface area contributed by atoms with Gasteiger partial charge in [-0.3, -0.25) is 9.59 Å². The second-order valence-electron chi connectivity index (χ2n) is 16.8. The van der Waals surface area contributed by atoms with Crippen molar-refractivity contribution >= 4 is 41.4 Å². The lowest BCUT2D eigenvalue weighted by molar-refractivity contribution is -0.141. The van der Waals surface area contributed by atoms with Crippen molar-refractivity contribution in [3.8, 4) is 17.6 Å². The van der Waals surface area contributed by atoms with Gasteiger partial charge < -0.3 is 18.9 Å². The molecule has 0 bridgehead atoms. The van der Waals surface area contributed by atoms with Crippen LogP contribution in [0.2, 0.25) is 0 Å². The van der Waals surface area contributed by atoms with E-state index in [1.165, 1.54) is 74.9 Å². The van der Waals surface area contributed by atoms with Gasteiger partial charge in [-0.05, 0) is 132 Å². The van der Waals surface area contributed by atoms with Crippen molar-refractivity contribution in [3.05, 3.63) is 21.9 Å². The number of methoxy groups -OCH3 is 1. The van der Waals surface area contributed by atoms with Crippen LogP contribution in [0.3, 0.4) is 0 Å². The van der Waals surface area contributed by atoms with Crippen molar-refractivity contribution in [2.75, 3.05) is 13.7 Å². The number of carbonyl (C=O) groups excluding carboxylic acids is 3. The van der Waals surface area contributed by atoms with E-state index in [2.05, 4.69) is 13.8 Å². The Balaban J connectivity index is 1.14. The molecule has 4 fully saturated rings. The fourth-order valence-corrected chi connectivity index (χ4v) is 12.0. The Morgan fingerprint density at radius 1 is 0.698 bits per heavy atom. The van der Waals surface area contributed by atoms with E-state index in [1.54, 1.807) is 19.2 Å². The Bertz CT molecular complexity index is 1430. The van der Waals surface area contributed by atoms with Gasteiger partial charge in [-0.2, -0.15) is 5.26 Å². The van der Waals surface area contributed by atoms with Gasteiger partial charge in [0, 0.05) is 13.5 Å². The molecule has 4 saturated carbocycles. The van der Waals surface area contributed by atoms with Crippen LogP contribution in [0.4, 0.5) is 0 Å². The number of rotatable bonds is 11. The second-order valence-corrected chi connectivity index (χ2v) is 19.1. The quantitative estimate of drug-likeness (QED) is 0.0934. The number of nitriles is 1. The summed E-state index contributed by atoms with van der Waals surface area (Å²) in [6, 6.07) is 5.43. The van der Waals surface area contributed by atoms with Crippen molar-refractivity contribution < 1.29 is 33.3 Å². The number of thioether (sulfide) groups is 2. The first-order valence-electron chi connectivity index (χ1n) is 20.4. The van der Waals surface area contributed by atoms with E-state index >= 15 is 0 Å². The molecule has 1 aliphatic heterocycles. The molecule has 1 atom stereocenters. The molecule has 4 aliphatic carbocycles. The van der Waals surface area contributed by atoms with Crippen LogP contribution in [0.25, 0.3) is 0 Å². The molecule has 53 heavy (non-hydrogen) atoms. The Morgan fingerprint density at radius 2 is 1.09 bits per heavy atom. The normalized spacial score (nSPS) is 30.7. The van der Waals surface area contributed by atoms with Crippen molar-refractivity contribution in [1.82, 2.24) is 0 Å². The van der Waals surface area contributed by atoms with Gasteiger partial charge in [-0.15, -0.1) is 0 Å². The van der Waals surface area contributed by atoms with E-state index in [1.807, 2.05) is 13.0 Å². The first-order valence-corrected chi connectivity index (χ1v) is 22.1. The van der Waals surface area contributed by atoms with Crippen LogP contribution >= 0.6 is 23.5 Å². The zero-order valence-electron chi connectivity index (χ0n) is 32.2. The molecule has 5 aliphatic rings. The Hall–Kier alpha value is -2.48. The predicted molar refractivity (Wildman–Crippen MR) is 207 cm³/mol. The molecule has 290 valence electrons. The van der Waals surface area contributed by atoms with Gasteiger partial charge in [-0.1, -0.05) is 63.1 Å². The lowest BCUT2D eigenvalue weighted by atomic mass is 9.69. The summed E-state index contributed by atoms with van der Waals surface area (Å²) in [4.78, 5) is 41.5. The van der Waals surface area contributed by atoms with Crippen LogP contribution < -0.4 is 9.47 Å². The molecule has 1 heterocycles. The van der Waals surface area contributed by atoms with Crippen LogP contribution in [0, 0.1) is 58.7 Å². The van der Waals surface area contributed by atoms with Crippen LogP contribution in [-0.4, -0.2) is 37.7 Å². The third kappa shape index (κ3) is 10.2. The molecule has 8 nitrogen and oxygen atoms in total. The topological polar surface area (TPSA) is 112 Å². The molecule has 1 aromatic carbocycles.